The fourth-order valence-corrected chi connectivity index (χ4v) is 3.65. The molecule has 0 aliphatic carbocycles. The van der Waals surface area contributed by atoms with E-state index >= 15 is 0 Å². The van der Waals surface area contributed by atoms with E-state index in [4.69, 9.17) is 4.74 Å². The largest absolute Gasteiger partial charge is 0.379 e. The number of sulfonamides is 1. The van der Waals surface area contributed by atoms with Crippen LogP contribution in [0.2, 0.25) is 0 Å². The number of nitrogens with zero attached hydrogens (tertiary/aromatic N) is 3. The Morgan fingerprint density at radius 3 is 2.64 bits per heavy atom. The molecule has 0 atom stereocenters. The van der Waals surface area contributed by atoms with Gasteiger partial charge in [0, 0.05) is 31.9 Å². The molecule has 0 unspecified atom stereocenters. The van der Waals surface area contributed by atoms with Crippen molar-refractivity contribution in [3.05, 3.63) is 11.9 Å². The molecule has 1 aromatic heterocycles. The smallest absolute Gasteiger partial charge is 0.243 e. The monoisotopic (exact) mass is 330 g/mol. The Hall–Kier alpha value is -0.960. The number of rotatable bonds is 7. The predicted octanol–water partition coefficient (Wildman–Crippen LogP) is 0.773. The van der Waals surface area contributed by atoms with Gasteiger partial charge in [0.2, 0.25) is 10.0 Å². The summed E-state index contributed by atoms with van der Waals surface area (Å²) in [7, 11) is -3.48. The third kappa shape index (κ3) is 4.52. The first-order valence-electron chi connectivity index (χ1n) is 7.75. The summed E-state index contributed by atoms with van der Waals surface area (Å²) in [6, 6.07) is 0.143. The average Bonchev–Trinajstić information content (AvgIpc) is 2.88. The van der Waals surface area contributed by atoms with Crippen molar-refractivity contribution in [2.24, 2.45) is 0 Å². The van der Waals surface area contributed by atoms with Crippen molar-refractivity contribution in [3.8, 4) is 0 Å². The maximum atomic E-state index is 12.3. The van der Waals surface area contributed by atoms with Gasteiger partial charge in [-0.05, 0) is 33.7 Å². The normalized spacial score (nSPS) is 17.3. The number of aryl methyl sites for hydroxylation is 1. The molecule has 1 aliphatic heterocycles. The van der Waals surface area contributed by atoms with Crippen molar-refractivity contribution >= 4 is 10.0 Å². The summed E-state index contributed by atoms with van der Waals surface area (Å²) in [6.07, 6.45) is 2.39. The molecule has 2 rings (SSSR count). The van der Waals surface area contributed by atoms with Crippen molar-refractivity contribution < 1.29 is 13.2 Å². The number of nitrogens with one attached hydrogen (secondary N) is 1. The highest BCUT2D eigenvalue weighted by Gasteiger charge is 2.20. The van der Waals surface area contributed by atoms with Crippen molar-refractivity contribution in [3.63, 3.8) is 0 Å². The van der Waals surface area contributed by atoms with E-state index in [9.17, 15) is 8.42 Å². The average molecular weight is 330 g/mol. The van der Waals surface area contributed by atoms with Gasteiger partial charge in [-0.15, -0.1) is 0 Å². The Kier molecular flexibility index (Phi) is 5.96. The summed E-state index contributed by atoms with van der Waals surface area (Å²) in [6.45, 7) is 10.4. The summed E-state index contributed by atoms with van der Waals surface area (Å²) in [5, 5.41) is 4.25. The van der Waals surface area contributed by atoms with Crippen molar-refractivity contribution in [1.82, 2.24) is 19.4 Å². The lowest BCUT2D eigenvalue weighted by Crippen LogP contribution is -2.38. The molecule has 1 fully saturated rings. The second-order valence-corrected chi connectivity index (χ2v) is 7.59. The summed E-state index contributed by atoms with van der Waals surface area (Å²) < 4.78 is 34.3. The standard InChI is InChI=1S/C14H26N4O3S/c1-12(2)18-11-14(13(3)16-18)22(19,20)15-5-4-6-17-7-9-21-10-8-17/h11-12,15H,4-10H2,1-3H3. The minimum atomic E-state index is -3.48. The molecule has 7 nitrogen and oxygen atoms in total. The third-order valence-electron chi connectivity index (χ3n) is 3.74. The SMILES string of the molecule is Cc1nn(C(C)C)cc1S(=O)(=O)NCCCN1CCOCC1. The third-order valence-corrected chi connectivity index (χ3v) is 5.30. The molecule has 0 spiro atoms. The molecule has 0 aromatic carbocycles. The molecule has 1 aliphatic rings. The molecule has 8 heteroatoms. The van der Waals surface area contributed by atoms with Crippen LogP contribution >= 0.6 is 0 Å². The summed E-state index contributed by atoms with van der Waals surface area (Å²) in [5.74, 6) is 0. The zero-order chi connectivity index (χ0) is 16.2. The molecule has 0 saturated carbocycles. The van der Waals surface area contributed by atoms with Crippen LogP contribution in [-0.4, -0.2) is 62.5 Å². The Balaban J connectivity index is 1.85. The number of hydrogen-bond acceptors (Lipinski definition) is 5. The van der Waals surface area contributed by atoms with E-state index in [1.807, 2.05) is 13.8 Å². The minimum Gasteiger partial charge on any atom is -0.379 e. The van der Waals surface area contributed by atoms with Crippen molar-refractivity contribution in [2.75, 3.05) is 39.4 Å². The number of hydrogen-bond donors (Lipinski definition) is 1. The molecule has 0 amide bonds. The van der Waals surface area contributed by atoms with E-state index in [1.54, 1.807) is 17.8 Å². The van der Waals surface area contributed by atoms with Crippen LogP contribution < -0.4 is 4.72 Å². The molecule has 0 bridgehead atoms. The minimum absolute atomic E-state index is 0.143. The van der Waals surface area contributed by atoms with Crippen LogP contribution in [0.25, 0.3) is 0 Å². The van der Waals surface area contributed by atoms with Gasteiger partial charge in [0.05, 0.1) is 18.9 Å². The second kappa shape index (κ2) is 7.54. The van der Waals surface area contributed by atoms with Crippen LogP contribution in [0.1, 0.15) is 32.0 Å². The Morgan fingerprint density at radius 2 is 2.05 bits per heavy atom. The van der Waals surface area contributed by atoms with E-state index < -0.39 is 10.0 Å². The summed E-state index contributed by atoms with van der Waals surface area (Å²) in [5.41, 5.74) is 0.536. The Morgan fingerprint density at radius 1 is 1.36 bits per heavy atom. The number of morpholine rings is 1. The second-order valence-electron chi connectivity index (χ2n) is 5.86. The topological polar surface area (TPSA) is 76.5 Å². The summed E-state index contributed by atoms with van der Waals surface area (Å²) >= 11 is 0. The lowest BCUT2D eigenvalue weighted by atomic mass is 10.3. The molecular weight excluding hydrogens is 304 g/mol. The van der Waals surface area contributed by atoms with Gasteiger partial charge >= 0.3 is 0 Å². The van der Waals surface area contributed by atoms with Crippen LogP contribution in [-0.2, 0) is 14.8 Å². The van der Waals surface area contributed by atoms with Crippen LogP contribution in [0, 0.1) is 6.92 Å². The molecule has 126 valence electrons. The first-order chi connectivity index (χ1) is 10.4. The highest BCUT2D eigenvalue weighted by molar-refractivity contribution is 7.89. The quantitative estimate of drug-likeness (QED) is 0.748. The Labute approximate surface area is 132 Å². The van der Waals surface area contributed by atoms with Gasteiger partial charge in [0.25, 0.3) is 0 Å². The van der Waals surface area contributed by atoms with E-state index in [2.05, 4.69) is 14.7 Å². The molecule has 2 heterocycles. The van der Waals surface area contributed by atoms with Crippen LogP contribution in [0.5, 0.6) is 0 Å². The predicted molar refractivity (Wildman–Crippen MR) is 84.4 cm³/mol. The zero-order valence-corrected chi connectivity index (χ0v) is 14.4. The highest BCUT2D eigenvalue weighted by atomic mass is 32.2. The van der Waals surface area contributed by atoms with E-state index in [-0.39, 0.29) is 10.9 Å². The van der Waals surface area contributed by atoms with Crippen molar-refractivity contribution in [2.45, 2.75) is 38.1 Å². The summed E-state index contributed by atoms with van der Waals surface area (Å²) in [4.78, 5) is 2.56. The molecule has 0 radical (unpaired) electrons. The maximum absolute atomic E-state index is 12.3. The highest BCUT2D eigenvalue weighted by Crippen LogP contribution is 2.15. The van der Waals surface area contributed by atoms with Crippen LogP contribution in [0.4, 0.5) is 0 Å². The van der Waals surface area contributed by atoms with E-state index in [0.29, 0.717) is 12.2 Å². The molecule has 1 N–H and O–H groups in total. The van der Waals surface area contributed by atoms with E-state index in [1.165, 1.54) is 0 Å². The van der Waals surface area contributed by atoms with E-state index in [0.717, 1.165) is 39.3 Å². The molecule has 22 heavy (non-hydrogen) atoms. The van der Waals surface area contributed by atoms with Crippen molar-refractivity contribution in [1.29, 1.82) is 0 Å². The Bertz CT molecular complexity index is 577. The van der Waals surface area contributed by atoms with Crippen LogP contribution in [0.3, 0.4) is 0 Å². The van der Waals surface area contributed by atoms with Gasteiger partial charge in [-0.2, -0.15) is 5.10 Å². The van der Waals surface area contributed by atoms with Gasteiger partial charge in [-0.3, -0.25) is 9.58 Å². The fraction of sp³-hybridized carbons (Fsp3) is 0.786. The lowest BCUT2D eigenvalue weighted by molar-refractivity contribution is 0.0376. The van der Waals surface area contributed by atoms with Gasteiger partial charge in [0.1, 0.15) is 4.90 Å². The molecular formula is C14H26N4O3S. The van der Waals surface area contributed by atoms with Gasteiger partial charge < -0.3 is 4.74 Å². The molecule has 1 saturated heterocycles. The lowest BCUT2D eigenvalue weighted by Gasteiger charge is -2.26. The molecule has 1 aromatic rings. The maximum Gasteiger partial charge on any atom is 0.243 e. The first kappa shape index (κ1) is 17.4. The van der Waals surface area contributed by atoms with Gasteiger partial charge in [-0.25, -0.2) is 13.1 Å². The number of aromatic nitrogens is 2. The zero-order valence-electron chi connectivity index (χ0n) is 13.6. The number of ether oxygens (including phenoxy) is 1. The fourth-order valence-electron chi connectivity index (χ4n) is 2.41. The van der Waals surface area contributed by atoms with Crippen LogP contribution in [0.15, 0.2) is 11.1 Å². The first-order valence-corrected chi connectivity index (χ1v) is 9.24. The van der Waals surface area contributed by atoms with Gasteiger partial charge in [0.15, 0.2) is 0 Å². The van der Waals surface area contributed by atoms with Gasteiger partial charge in [-0.1, -0.05) is 0 Å².